The van der Waals surface area contributed by atoms with Crippen molar-refractivity contribution in [2.75, 3.05) is 13.1 Å². The number of nitrogens with zero attached hydrogens (tertiary/aromatic N) is 4. The Bertz CT molecular complexity index is 678. The van der Waals surface area contributed by atoms with Crippen LogP contribution in [0.5, 0.6) is 0 Å². The van der Waals surface area contributed by atoms with Gasteiger partial charge in [0.2, 0.25) is 11.8 Å². The SMILES string of the molecule is CC(=O)N(Cc1ncc(C)o1)C1CCN(Cc2cc(C)on2)C1. The summed E-state index contributed by atoms with van der Waals surface area (Å²) in [5.41, 5.74) is 0.931. The molecule has 0 saturated carbocycles. The summed E-state index contributed by atoms with van der Waals surface area (Å²) in [7, 11) is 0. The van der Waals surface area contributed by atoms with E-state index in [1.165, 1.54) is 0 Å². The fourth-order valence-electron chi connectivity index (χ4n) is 3.05. The monoisotopic (exact) mass is 318 g/mol. The van der Waals surface area contributed by atoms with E-state index in [0.29, 0.717) is 12.4 Å². The summed E-state index contributed by atoms with van der Waals surface area (Å²) in [6, 6.07) is 2.12. The second kappa shape index (κ2) is 6.54. The highest BCUT2D eigenvalue weighted by atomic mass is 16.5. The Morgan fingerprint density at radius 1 is 1.43 bits per heavy atom. The third kappa shape index (κ3) is 3.79. The molecule has 124 valence electrons. The van der Waals surface area contributed by atoms with Crippen LogP contribution in [-0.4, -0.2) is 45.0 Å². The Morgan fingerprint density at radius 3 is 2.87 bits per heavy atom. The second-order valence-corrected chi connectivity index (χ2v) is 6.12. The highest BCUT2D eigenvalue weighted by Gasteiger charge is 2.30. The molecule has 7 nitrogen and oxygen atoms in total. The van der Waals surface area contributed by atoms with Crippen molar-refractivity contribution < 1.29 is 13.7 Å². The van der Waals surface area contributed by atoms with Crippen LogP contribution in [0, 0.1) is 13.8 Å². The molecule has 1 unspecified atom stereocenters. The van der Waals surface area contributed by atoms with Crippen LogP contribution in [-0.2, 0) is 17.9 Å². The van der Waals surface area contributed by atoms with Crippen LogP contribution < -0.4 is 0 Å². The van der Waals surface area contributed by atoms with Crippen molar-refractivity contribution in [3.05, 3.63) is 35.4 Å². The normalized spacial score (nSPS) is 18.5. The predicted molar refractivity (Wildman–Crippen MR) is 82.4 cm³/mol. The molecule has 3 rings (SSSR count). The van der Waals surface area contributed by atoms with Gasteiger partial charge in [0, 0.05) is 38.7 Å². The largest absolute Gasteiger partial charge is 0.444 e. The Kier molecular flexibility index (Phi) is 4.47. The van der Waals surface area contributed by atoms with Gasteiger partial charge >= 0.3 is 0 Å². The van der Waals surface area contributed by atoms with Crippen molar-refractivity contribution in [2.45, 2.75) is 46.3 Å². The van der Waals surface area contributed by atoms with E-state index in [0.717, 1.165) is 43.3 Å². The maximum atomic E-state index is 12.0. The van der Waals surface area contributed by atoms with E-state index in [-0.39, 0.29) is 11.9 Å². The van der Waals surface area contributed by atoms with Gasteiger partial charge in [0.25, 0.3) is 0 Å². The lowest BCUT2D eigenvalue weighted by Crippen LogP contribution is -2.40. The first-order valence-electron chi connectivity index (χ1n) is 7.84. The second-order valence-electron chi connectivity index (χ2n) is 6.12. The predicted octanol–water partition coefficient (Wildman–Crippen LogP) is 1.90. The van der Waals surface area contributed by atoms with Gasteiger partial charge in [-0.1, -0.05) is 5.16 Å². The lowest BCUT2D eigenvalue weighted by atomic mass is 10.2. The zero-order valence-corrected chi connectivity index (χ0v) is 13.8. The molecule has 1 atom stereocenters. The van der Waals surface area contributed by atoms with Crippen molar-refractivity contribution in [3.63, 3.8) is 0 Å². The molecule has 23 heavy (non-hydrogen) atoms. The molecule has 0 spiro atoms. The molecule has 1 fully saturated rings. The number of aromatic nitrogens is 2. The van der Waals surface area contributed by atoms with E-state index in [9.17, 15) is 4.79 Å². The van der Waals surface area contributed by atoms with Gasteiger partial charge in [0.1, 0.15) is 11.5 Å². The van der Waals surface area contributed by atoms with Crippen molar-refractivity contribution in [1.82, 2.24) is 19.9 Å². The van der Waals surface area contributed by atoms with Gasteiger partial charge in [-0.25, -0.2) is 4.98 Å². The summed E-state index contributed by atoms with van der Waals surface area (Å²) in [4.78, 5) is 20.4. The van der Waals surface area contributed by atoms with Crippen LogP contribution in [0.3, 0.4) is 0 Å². The Hall–Kier alpha value is -2.15. The van der Waals surface area contributed by atoms with Crippen molar-refractivity contribution >= 4 is 5.91 Å². The van der Waals surface area contributed by atoms with Crippen molar-refractivity contribution in [1.29, 1.82) is 0 Å². The Morgan fingerprint density at radius 2 is 2.26 bits per heavy atom. The smallest absolute Gasteiger partial charge is 0.220 e. The number of carbonyl (C=O) groups is 1. The van der Waals surface area contributed by atoms with E-state index in [1.807, 2.05) is 24.8 Å². The number of aryl methyl sites for hydroxylation is 2. The zero-order valence-electron chi connectivity index (χ0n) is 13.8. The number of carbonyl (C=O) groups excluding carboxylic acids is 1. The van der Waals surface area contributed by atoms with Gasteiger partial charge in [0.05, 0.1) is 18.4 Å². The number of likely N-dealkylation sites (tertiary alicyclic amines) is 1. The number of hydrogen-bond acceptors (Lipinski definition) is 6. The van der Waals surface area contributed by atoms with Gasteiger partial charge in [-0.05, 0) is 20.3 Å². The molecular weight excluding hydrogens is 296 g/mol. The third-order valence-electron chi connectivity index (χ3n) is 4.13. The summed E-state index contributed by atoms with van der Waals surface area (Å²) in [5.74, 6) is 2.21. The fourth-order valence-corrected chi connectivity index (χ4v) is 3.05. The van der Waals surface area contributed by atoms with Gasteiger partial charge in [0.15, 0.2) is 0 Å². The van der Waals surface area contributed by atoms with Gasteiger partial charge in [-0.3, -0.25) is 9.69 Å². The topological polar surface area (TPSA) is 75.6 Å². The molecule has 3 heterocycles. The molecule has 1 saturated heterocycles. The van der Waals surface area contributed by atoms with Crippen LogP contribution in [0.2, 0.25) is 0 Å². The fraction of sp³-hybridized carbons (Fsp3) is 0.562. The summed E-state index contributed by atoms with van der Waals surface area (Å²) in [6.07, 6.45) is 2.62. The van der Waals surface area contributed by atoms with Crippen LogP contribution >= 0.6 is 0 Å². The van der Waals surface area contributed by atoms with Gasteiger partial charge in [-0.2, -0.15) is 0 Å². The van der Waals surface area contributed by atoms with Crippen LogP contribution in [0.1, 0.15) is 36.4 Å². The molecule has 2 aromatic heterocycles. The lowest BCUT2D eigenvalue weighted by molar-refractivity contribution is -0.132. The lowest BCUT2D eigenvalue weighted by Gasteiger charge is -2.26. The molecule has 0 radical (unpaired) electrons. The van der Waals surface area contributed by atoms with E-state index in [4.69, 9.17) is 8.94 Å². The molecule has 2 aromatic rings. The summed E-state index contributed by atoms with van der Waals surface area (Å²) in [6.45, 7) is 8.27. The number of oxazole rings is 1. The first kappa shape index (κ1) is 15.7. The molecule has 7 heteroatoms. The molecule has 0 N–H and O–H groups in total. The minimum atomic E-state index is 0.0463. The molecule has 0 aromatic carbocycles. The van der Waals surface area contributed by atoms with E-state index in [2.05, 4.69) is 15.0 Å². The Balaban J connectivity index is 1.61. The summed E-state index contributed by atoms with van der Waals surface area (Å²) >= 11 is 0. The highest BCUT2D eigenvalue weighted by molar-refractivity contribution is 5.73. The summed E-state index contributed by atoms with van der Waals surface area (Å²) < 4.78 is 10.6. The van der Waals surface area contributed by atoms with E-state index >= 15 is 0 Å². The maximum absolute atomic E-state index is 12.0. The minimum Gasteiger partial charge on any atom is -0.444 e. The average Bonchev–Trinajstić information content (AvgIpc) is 3.19. The quantitative estimate of drug-likeness (QED) is 0.838. The van der Waals surface area contributed by atoms with Gasteiger partial charge < -0.3 is 13.8 Å². The molecule has 0 bridgehead atoms. The first-order valence-corrected chi connectivity index (χ1v) is 7.84. The number of rotatable bonds is 5. The standard InChI is InChI=1S/C16H22N4O3/c1-11-6-14(18-23-11)8-19-5-4-15(9-19)20(13(3)21)10-16-17-7-12(2)22-16/h6-7,15H,4-5,8-10H2,1-3H3. The number of amides is 1. The molecule has 1 aliphatic rings. The van der Waals surface area contributed by atoms with Crippen LogP contribution in [0.15, 0.2) is 21.2 Å². The third-order valence-corrected chi connectivity index (χ3v) is 4.13. The molecule has 0 aliphatic carbocycles. The number of hydrogen-bond donors (Lipinski definition) is 0. The maximum Gasteiger partial charge on any atom is 0.220 e. The molecule has 1 amide bonds. The first-order chi connectivity index (χ1) is 11.0. The van der Waals surface area contributed by atoms with Crippen LogP contribution in [0.25, 0.3) is 0 Å². The van der Waals surface area contributed by atoms with Gasteiger partial charge in [-0.15, -0.1) is 0 Å². The van der Waals surface area contributed by atoms with E-state index < -0.39 is 0 Å². The molecular formula is C16H22N4O3. The van der Waals surface area contributed by atoms with Crippen molar-refractivity contribution in [3.8, 4) is 0 Å². The minimum absolute atomic E-state index is 0.0463. The average molecular weight is 318 g/mol. The Labute approximate surface area is 135 Å². The summed E-state index contributed by atoms with van der Waals surface area (Å²) in [5, 5.41) is 4.03. The molecule has 1 aliphatic heterocycles. The van der Waals surface area contributed by atoms with Crippen LogP contribution in [0.4, 0.5) is 0 Å². The van der Waals surface area contributed by atoms with Crippen molar-refractivity contribution in [2.24, 2.45) is 0 Å². The highest BCUT2D eigenvalue weighted by Crippen LogP contribution is 2.20. The van der Waals surface area contributed by atoms with E-state index in [1.54, 1.807) is 13.1 Å². The zero-order chi connectivity index (χ0) is 16.4.